The van der Waals surface area contributed by atoms with E-state index in [2.05, 4.69) is 5.10 Å². The van der Waals surface area contributed by atoms with E-state index in [1.165, 1.54) is 0 Å². The van der Waals surface area contributed by atoms with E-state index in [0.717, 1.165) is 11.0 Å². The Balaban J connectivity index is 1.98. The van der Waals surface area contributed by atoms with Crippen LogP contribution in [0.5, 0.6) is 0 Å². The van der Waals surface area contributed by atoms with E-state index >= 15 is 0 Å². The summed E-state index contributed by atoms with van der Waals surface area (Å²) in [5.74, 6) is 0. The lowest BCUT2D eigenvalue weighted by Crippen LogP contribution is -2.41. The minimum absolute atomic E-state index is 0.338. The van der Waals surface area contributed by atoms with Crippen LogP contribution in [0.3, 0.4) is 0 Å². The molecular formula is C13H16B2N2O2. The molecule has 1 aliphatic rings. The molecule has 0 saturated carbocycles. The Bertz CT molecular complexity index is 621. The molecule has 1 fully saturated rings. The normalized spacial score (nSPS) is 21.2. The third-order valence-electron chi connectivity index (χ3n) is 4.09. The average molecular weight is 254 g/mol. The molecule has 19 heavy (non-hydrogen) atoms. The van der Waals surface area contributed by atoms with Gasteiger partial charge >= 0.3 is 7.12 Å². The maximum Gasteiger partial charge on any atom is 0.496 e. The lowest BCUT2D eigenvalue weighted by atomic mass is 9.80. The van der Waals surface area contributed by atoms with Gasteiger partial charge in [-0.2, -0.15) is 5.10 Å². The predicted octanol–water partition coefficient (Wildman–Crippen LogP) is 0.427. The molecule has 2 radical (unpaired) electrons. The number of rotatable bonds is 1. The molecule has 0 atom stereocenters. The molecule has 0 bridgehead atoms. The monoisotopic (exact) mass is 254 g/mol. The van der Waals surface area contributed by atoms with Gasteiger partial charge in [-0.15, -0.1) is 0 Å². The number of aromatic nitrogens is 2. The maximum atomic E-state index is 6.01. The Labute approximate surface area is 114 Å². The molecule has 6 heteroatoms. The molecule has 0 aromatic carbocycles. The van der Waals surface area contributed by atoms with E-state index in [9.17, 15) is 0 Å². The standard InChI is InChI=1S/C13H16B2N2O2/c1-12(2)13(3,4)19-15(18-12)9-5-6-11-10(14)7-16-17(11)8-9/h5-8H,1-4H3. The Morgan fingerprint density at radius 3 is 2.42 bits per heavy atom. The van der Waals surface area contributed by atoms with Crippen molar-refractivity contribution in [3.63, 3.8) is 0 Å². The van der Waals surface area contributed by atoms with Crippen LogP contribution in [0.2, 0.25) is 0 Å². The first kappa shape index (κ1) is 12.8. The summed E-state index contributed by atoms with van der Waals surface area (Å²) in [7, 11) is 5.44. The first-order valence-electron chi connectivity index (χ1n) is 6.39. The summed E-state index contributed by atoms with van der Waals surface area (Å²) < 4.78 is 13.8. The van der Waals surface area contributed by atoms with Gasteiger partial charge in [-0.3, -0.25) is 0 Å². The van der Waals surface area contributed by atoms with Crippen LogP contribution in [0.4, 0.5) is 0 Å². The van der Waals surface area contributed by atoms with E-state index in [0.29, 0.717) is 5.46 Å². The minimum Gasteiger partial charge on any atom is -0.399 e. The number of nitrogens with zero attached hydrogens (tertiary/aromatic N) is 2. The van der Waals surface area contributed by atoms with Gasteiger partial charge in [0.1, 0.15) is 7.85 Å². The fraction of sp³-hybridized carbons (Fsp3) is 0.462. The molecule has 0 spiro atoms. The van der Waals surface area contributed by atoms with Gasteiger partial charge in [0.05, 0.1) is 16.7 Å². The van der Waals surface area contributed by atoms with Crippen LogP contribution in [-0.4, -0.2) is 35.8 Å². The number of hydrogen-bond acceptors (Lipinski definition) is 3. The van der Waals surface area contributed by atoms with Gasteiger partial charge in [-0.1, -0.05) is 11.5 Å². The summed E-state index contributed by atoms with van der Waals surface area (Å²) >= 11 is 0. The summed E-state index contributed by atoms with van der Waals surface area (Å²) in [5.41, 5.74) is 1.82. The molecule has 0 aliphatic carbocycles. The molecule has 0 N–H and O–H groups in total. The van der Waals surface area contributed by atoms with Crippen LogP contribution in [0.25, 0.3) is 5.52 Å². The Morgan fingerprint density at radius 1 is 1.16 bits per heavy atom. The van der Waals surface area contributed by atoms with Crippen LogP contribution in [0.15, 0.2) is 24.5 Å². The SMILES string of the molecule is [B]c1cnn2cc(B3OC(C)(C)C(C)(C)O3)ccc12. The van der Waals surface area contributed by atoms with Crippen LogP contribution < -0.4 is 10.9 Å². The van der Waals surface area contributed by atoms with Crippen LogP contribution >= 0.6 is 0 Å². The highest BCUT2D eigenvalue weighted by molar-refractivity contribution is 6.62. The first-order valence-corrected chi connectivity index (χ1v) is 6.39. The lowest BCUT2D eigenvalue weighted by Gasteiger charge is -2.32. The molecular weight excluding hydrogens is 238 g/mol. The molecule has 2 aromatic heterocycles. The summed E-state index contributed by atoms with van der Waals surface area (Å²) in [4.78, 5) is 0. The second-order valence-corrected chi connectivity index (χ2v) is 5.98. The highest BCUT2D eigenvalue weighted by atomic mass is 16.7. The van der Waals surface area contributed by atoms with E-state index in [-0.39, 0.29) is 18.3 Å². The summed E-state index contributed by atoms with van der Waals surface area (Å²) in [6.07, 6.45) is 3.54. The molecule has 3 rings (SSSR count). The first-order chi connectivity index (χ1) is 8.80. The molecule has 0 amide bonds. The second-order valence-electron chi connectivity index (χ2n) is 5.98. The average Bonchev–Trinajstić information content (AvgIpc) is 2.78. The molecule has 4 nitrogen and oxygen atoms in total. The van der Waals surface area contributed by atoms with Crippen molar-refractivity contribution >= 4 is 31.4 Å². The van der Waals surface area contributed by atoms with Gasteiger partial charge in [-0.25, -0.2) is 4.52 Å². The van der Waals surface area contributed by atoms with Gasteiger partial charge in [0, 0.05) is 17.9 Å². The highest BCUT2D eigenvalue weighted by Gasteiger charge is 2.51. The van der Waals surface area contributed by atoms with Crippen LogP contribution in [0, 0.1) is 0 Å². The molecule has 96 valence electrons. The zero-order valence-corrected chi connectivity index (χ0v) is 11.7. The summed E-state index contributed by atoms with van der Waals surface area (Å²) in [6.45, 7) is 8.16. The molecule has 3 heterocycles. The molecule has 0 unspecified atom stereocenters. The molecule has 1 aliphatic heterocycles. The van der Waals surface area contributed by atoms with Crippen molar-refractivity contribution in [2.45, 2.75) is 38.9 Å². The fourth-order valence-electron chi connectivity index (χ4n) is 2.14. The van der Waals surface area contributed by atoms with E-state index < -0.39 is 0 Å². The van der Waals surface area contributed by atoms with E-state index in [1.54, 1.807) is 10.7 Å². The summed E-state index contributed by atoms with van der Waals surface area (Å²) in [5, 5.41) is 4.20. The minimum atomic E-state index is -0.375. The van der Waals surface area contributed by atoms with Crippen molar-refractivity contribution in [2.24, 2.45) is 0 Å². The van der Waals surface area contributed by atoms with Crippen molar-refractivity contribution in [3.8, 4) is 0 Å². The lowest BCUT2D eigenvalue weighted by molar-refractivity contribution is 0.00578. The van der Waals surface area contributed by atoms with Crippen molar-refractivity contribution in [2.75, 3.05) is 0 Å². The largest absolute Gasteiger partial charge is 0.496 e. The third-order valence-corrected chi connectivity index (χ3v) is 4.09. The molecule has 2 aromatic rings. The Morgan fingerprint density at radius 2 is 1.79 bits per heavy atom. The Hall–Kier alpha value is -1.26. The third kappa shape index (κ3) is 1.90. The quantitative estimate of drug-likeness (QED) is 0.692. The van der Waals surface area contributed by atoms with Gasteiger partial charge in [0.2, 0.25) is 0 Å². The smallest absolute Gasteiger partial charge is 0.399 e. The van der Waals surface area contributed by atoms with Crippen LogP contribution in [0.1, 0.15) is 27.7 Å². The maximum absolute atomic E-state index is 6.01. The fourth-order valence-corrected chi connectivity index (χ4v) is 2.14. The van der Waals surface area contributed by atoms with Crippen molar-refractivity contribution in [1.82, 2.24) is 9.61 Å². The van der Waals surface area contributed by atoms with E-state index in [1.807, 2.05) is 46.0 Å². The summed E-state index contributed by atoms with van der Waals surface area (Å²) in [6, 6.07) is 3.90. The zero-order chi connectivity index (χ0) is 13.8. The topological polar surface area (TPSA) is 35.8 Å². The van der Waals surface area contributed by atoms with Crippen molar-refractivity contribution in [3.05, 3.63) is 24.5 Å². The second kappa shape index (κ2) is 3.87. The van der Waals surface area contributed by atoms with Gasteiger partial charge in [0.15, 0.2) is 0 Å². The van der Waals surface area contributed by atoms with Crippen molar-refractivity contribution in [1.29, 1.82) is 0 Å². The van der Waals surface area contributed by atoms with Gasteiger partial charge < -0.3 is 9.31 Å². The van der Waals surface area contributed by atoms with Gasteiger partial charge in [0.25, 0.3) is 0 Å². The van der Waals surface area contributed by atoms with Gasteiger partial charge in [-0.05, 0) is 33.8 Å². The number of pyridine rings is 1. The number of fused-ring (bicyclic) bond motifs is 1. The molecule has 1 saturated heterocycles. The highest BCUT2D eigenvalue weighted by Crippen LogP contribution is 2.36. The predicted molar refractivity (Wildman–Crippen MR) is 76.3 cm³/mol. The van der Waals surface area contributed by atoms with E-state index in [4.69, 9.17) is 17.2 Å². The van der Waals surface area contributed by atoms with Crippen LogP contribution in [-0.2, 0) is 9.31 Å². The van der Waals surface area contributed by atoms with Crippen molar-refractivity contribution < 1.29 is 9.31 Å². The zero-order valence-electron chi connectivity index (χ0n) is 11.7. The number of hydrogen-bond donors (Lipinski definition) is 0. The Kier molecular flexibility index (Phi) is 2.60.